The van der Waals surface area contributed by atoms with Gasteiger partial charge in [0, 0.05) is 16.5 Å². The molecule has 0 saturated carbocycles. The molecule has 2 unspecified atom stereocenters. The van der Waals surface area contributed by atoms with E-state index in [-0.39, 0.29) is 11.9 Å². The number of thioether (sulfide) groups is 1. The number of rotatable bonds is 4. The van der Waals surface area contributed by atoms with Gasteiger partial charge in [0.25, 0.3) is 0 Å². The van der Waals surface area contributed by atoms with Crippen LogP contribution in [0.5, 0.6) is 0 Å². The number of aryl methyl sites for hydroxylation is 1. The van der Waals surface area contributed by atoms with Gasteiger partial charge in [0.15, 0.2) is 0 Å². The zero-order chi connectivity index (χ0) is 17.9. The summed E-state index contributed by atoms with van der Waals surface area (Å²) in [7, 11) is 0. The van der Waals surface area contributed by atoms with Gasteiger partial charge in [-0.25, -0.2) is 4.39 Å². The summed E-state index contributed by atoms with van der Waals surface area (Å²) in [5.74, 6) is -0.0763. The number of hydrogen-bond donors (Lipinski definition) is 1. The lowest BCUT2D eigenvalue weighted by molar-refractivity contribution is 0.550. The van der Waals surface area contributed by atoms with Gasteiger partial charge in [-0.2, -0.15) is 0 Å². The van der Waals surface area contributed by atoms with Gasteiger partial charge in [-0.15, -0.1) is 11.8 Å². The molecule has 0 spiro atoms. The fourth-order valence-electron chi connectivity index (χ4n) is 3.56. The van der Waals surface area contributed by atoms with Gasteiger partial charge in [0.1, 0.15) is 5.82 Å². The lowest BCUT2D eigenvalue weighted by Crippen LogP contribution is -2.22. The van der Waals surface area contributed by atoms with Crippen LogP contribution in [0.1, 0.15) is 30.0 Å². The highest BCUT2D eigenvalue weighted by molar-refractivity contribution is 7.99. The molecule has 3 aromatic rings. The molecule has 1 N–H and O–H groups in total. The van der Waals surface area contributed by atoms with E-state index < -0.39 is 0 Å². The van der Waals surface area contributed by atoms with Crippen LogP contribution >= 0.6 is 11.8 Å². The highest BCUT2D eigenvalue weighted by Gasteiger charge is 2.28. The molecule has 0 radical (unpaired) electrons. The average Bonchev–Trinajstić information content (AvgIpc) is 3.13. The van der Waals surface area contributed by atoms with E-state index in [2.05, 4.69) is 41.7 Å². The van der Waals surface area contributed by atoms with E-state index in [0.717, 1.165) is 29.5 Å². The topological polar surface area (TPSA) is 12.0 Å². The maximum absolute atomic E-state index is 14.9. The first-order valence-corrected chi connectivity index (χ1v) is 9.92. The van der Waals surface area contributed by atoms with Gasteiger partial charge < -0.3 is 0 Å². The van der Waals surface area contributed by atoms with Crippen molar-refractivity contribution in [2.24, 2.45) is 0 Å². The van der Waals surface area contributed by atoms with Crippen LogP contribution in [0, 0.1) is 12.7 Å². The monoisotopic (exact) mass is 363 g/mol. The molecule has 4 rings (SSSR count). The second-order valence-electron chi connectivity index (χ2n) is 6.78. The summed E-state index contributed by atoms with van der Waals surface area (Å²) in [6, 6.07) is 24.6. The predicted octanol–water partition coefficient (Wildman–Crippen LogP) is 6.34. The van der Waals surface area contributed by atoms with Gasteiger partial charge >= 0.3 is 0 Å². The Labute approximate surface area is 158 Å². The van der Waals surface area contributed by atoms with Crippen LogP contribution in [-0.2, 0) is 0 Å². The molecule has 0 bridgehead atoms. The highest BCUT2D eigenvalue weighted by Crippen LogP contribution is 2.37. The van der Waals surface area contributed by atoms with Crippen molar-refractivity contribution in [1.29, 1.82) is 0 Å². The Morgan fingerprint density at radius 2 is 1.58 bits per heavy atom. The zero-order valence-corrected chi connectivity index (χ0v) is 15.6. The third-order valence-corrected chi connectivity index (χ3v) is 6.09. The molecule has 0 aromatic heterocycles. The van der Waals surface area contributed by atoms with Crippen molar-refractivity contribution in [2.45, 2.75) is 36.1 Å². The van der Waals surface area contributed by atoms with E-state index in [1.807, 2.05) is 55.1 Å². The van der Waals surface area contributed by atoms with Gasteiger partial charge in [-0.05, 0) is 60.7 Å². The molecule has 1 aliphatic rings. The number of benzene rings is 3. The van der Waals surface area contributed by atoms with Gasteiger partial charge in [0.2, 0.25) is 0 Å². The summed E-state index contributed by atoms with van der Waals surface area (Å²) in [4.78, 5) is 1.25. The molecule has 1 saturated heterocycles. The molecule has 1 aliphatic heterocycles. The van der Waals surface area contributed by atoms with Crippen LogP contribution in [-0.4, -0.2) is 5.37 Å². The number of halogens is 1. The summed E-state index contributed by atoms with van der Waals surface area (Å²) in [6.45, 7) is 1.86. The quantitative estimate of drug-likeness (QED) is 0.580. The molecule has 0 aliphatic carbocycles. The van der Waals surface area contributed by atoms with Crippen LogP contribution in [0.4, 0.5) is 4.39 Å². The first-order valence-electron chi connectivity index (χ1n) is 9.04. The van der Waals surface area contributed by atoms with E-state index in [1.54, 1.807) is 0 Å². The molecular weight excluding hydrogens is 341 g/mol. The minimum absolute atomic E-state index is 0.0681. The van der Waals surface area contributed by atoms with E-state index >= 15 is 0 Å². The fraction of sp³-hybridized carbons (Fsp3) is 0.217. The van der Waals surface area contributed by atoms with E-state index in [4.69, 9.17) is 0 Å². The molecule has 26 heavy (non-hydrogen) atoms. The zero-order valence-electron chi connectivity index (χ0n) is 14.8. The Balaban J connectivity index is 1.57. The van der Waals surface area contributed by atoms with E-state index in [9.17, 15) is 4.39 Å². The van der Waals surface area contributed by atoms with Crippen molar-refractivity contribution in [2.75, 3.05) is 0 Å². The van der Waals surface area contributed by atoms with Crippen molar-refractivity contribution >= 4 is 11.8 Å². The Bertz CT molecular complexity index is 879. The molecule has 1 heterocycles. The summed E-state index contributed by atoms with van der Waals surface area (Å²) in [5.41, 5.74) is 3.72. The second-order valence-corrected chi connectivity index (χ2v) is 8.05. The Kier molecular flexibility index (Phi) is 5.09. The molecule has 2 atom stereocenters. The smallest absolute Gasteiger partial charge is 0.130 e. The van der Waals surface area contributed by atoms with Crippen molar-refractivity contribution in [1.82, 2.24) is 5.32 Å². The maximum Gasteiger partial charge on any atom is 0.130 e. The summed E-state index contributed by atoms with van der Waals surface area (Å²) in [5, 5.41) is 3.95. The third-order valence-electron chi connectivity index (χ3n) is 4.89. The van der Waals surface area contributed by atoms with Crippen molar-refractivity contribution in [3.63, 3.8) is 0 Å². The lowest BCUT2D eigenvalue weighted by Gasteiger charge is -2.18. The molecule has 132 valence electrons. The average molecular weight is 364 g/mol. The SMILES string of the molecule is Cc1cc(-c2ccccc2)cc(C2CCC(Sc3ccccc3)N2)c1F. The first-order chi connectivity index (χ1) is 12.7. The second kappa shape index (κ2) is 7.65. The van der Waals surface area contributed by atoms with Crippen molar-refractivity contribution in [3.05, 3.63) is 89.7 Å². The maximum atomic E-state index is 14.9. The standard InChI is InChI=1S/C23H22FNS/c1-16-14-18(17-8-4-2-5-9-17)15-20(23(16)24)21-12-13-22(25-21)26-19-10-6-3-7-11-19/h2-11,14-15,21-22,25H,12-13H2,1H3. The number of hydrogen-bond acceptors (Lipinski definition) is 2. The Hall–Kier alpha value is -2.10. The molecule has 3 heteroatoms. The van der Waals surface area contributed by atoms with Crippen LogP contribution in [0.3, 0.4) is 0 Å². The van der Waals surface area contributed by atoms with Crippen molar-refractivity contribution < 1.29 is 4.39 Å². The molecule has 0 amide bonds. The molecular formula is C23H22FNS. The van der Waals surface area contributed by atoms with Crippen LogP contribution in [0.25, 0.3) is 11.1 Å². The predicted molar refractivity (Wildman–Crippen MR) is 108 cm³/mol. The minimum Gasteiger partial charge on any atom is -0.298 e. The fourth-order valence-corrected chi connectivity index (χ4v) is 4.69. The van der Waals surface area contributed by atoms with Crippen LogP contribution in [0.2, 0.25) is 0 Å². The summed E-state index contributed by atoms with van der Waals surface area (Å²) in [6.07, 6.45) is 2.00. The van der Waals surface area contributed by atoms with Crippen LogP contribution < -0.4 is 5.32 Å². The summed E-state index contributed by atoms with van der Waals surface area (Å²) < 4.78 is 14.9. The Morgan fingerprint density at radius 3 is 2.31 bits per heavy atom. The first kappa shape index (κ1) is 17.3. The largest absolute Gasteiger partial charge is 0.298 e. The van der Waals surface area contributed by atoms with E-state index in [1.165, 1.54) is 4.90 Å². The normalized spacial score (nSPS) is 19.6. The van der Waals surface area contributed by atoms with Crippen molar-refractivity contribution in [3.8, 4) is 11.1 Å². The van der Waals surface area contributed by atoms with E-state index in [0.29, 0.717) is 10.9 Å². The summed E-state index contributed by atoms with van der Waals surface area (Å²) >= 11 is 1.83. The highest BCUT2D eigenvalue weighted by atomic mass is 32.2. The lowest BCUT2D eigenvalue weighted by atomic mass is 9.95. The van der Waals surface area contributed by atoms with Gasteiger partial charge in [-0.1, -0.05) is 48.5 Å². The molecule has 1 fully saturated rings. The van der Waals surface area contributed by atoms with Gasteiger partial charge in [-0.3, -0.25) is 5.32 Å². The minimum atomic E-state index is -0.0763. The molecule has 3 aromatic carbocycles. The Morgan fingerprint density at radius 1 is 0.885 bits per heavy atom. The van der Waals surface area contributed by atoms with Gasteiger partial charge in [0.05, 0.1) is 5.37 Å². The number of nitrogens with one attached hydrogen (secondary N) is 1. The molecule has 1 nitrogen and oxygen atoms in total. The van der Waals surface area contributed by atoms with Crippen LogP contribution in [0.15, 0.2) is 77.7 Å². The third kappa shape index (κ3) is 3.69.